The predicted octanol–water partition coefficient (Wildman–Crippen LogP) is 2.05. The monoisotopic (exact) mass is 183 g/mol. The molecule has 0 atom stereocenters. The molecular weight excluding hydrogens is 174 g/mol. The quantitative estimate of drug-likeness (QED) is 0.714. The number of halogens is 1. The summed E-state index contributed by atoms with van der Waals surface area (Å²) in [5.41, 5.74) is 6.94. The highest BCUT2D eigenvalue weighted by atomic mass is 35.5. The Hall–Kier alpha value is -1.02. The maximum atomic E-state index is 10.8. The van der Waals surface area contributed by atoms with Crippen molar-refractivity contribution in [2.24, 2.45) is 0 Å². The molecule has 0 fully saturated rings. The molecule has 0 aromatic heterocycles. The summed E-state index contributed by atoms with van der Waals surface area (Å²) >= 11 is 5.84. The van der Waals surface area contributed by atoms with Crippen LogP contribution >= 0.6 is 11.6 Å². The van der Waals surface area contributed by atoms with E-state index in [2.05, 4.69) is 0 Å². The second-order valence-electron chi connectivity index (χ2n) is 2.73. The summed E-state index contributed by atoms with van der Waals surface area (Å²) in [5, 5.41) is 0.560. The van der Waals surface area contributed by atoms with Crippen molar-refractivity contribution in [2.45, 2.75) is 13.3 Å². The van der Waals surface area contributed by atoms with E-state index in [1.165, 1.54) is 6.92 Å². The number of carbonyl (C=O) groups is 1. The Bertz CT molecular complexity index is 309. The molecule has 0 saturated heterocycles. The first kappa shape index (κ1) is 9.07. The number of ketones is 1. The molecule has 0 radical (unpaired) electrons. The Balaban J connectivity index is 2.93. The first-order valence-corrected chi connectivity index (χ1v) is 4.00. The van der Waals surface area contributed by atoms with E-state index in [-0.39, 0.29) is 5.78 Å². The zero-order chi connectivity index (χ0) is 9.14. The highest BCUT2D eigenvalue weighted by Crippen LogP contribution is 2.19. The Morgan fingerprint density at radius 1 is 1.58 bits per heavy atom. The molecule has 0 aliphatic carbocycles. The molecule has 2 N–H and O–H groups in total. The van der Waals surface area contributed by atoms with Crippen LogP contribution in [0.25, 0.3) is 0 Å². The summed E-state index contributed by atoms with van der Waals surface area (Å²) in [4.78, 5) is 10.8. The van der Waals surface area contributed by atoms with Crippen LogP contribution in [0.4, 0.5) is 5.69 Å². The lowest BCUT2D eigenvalue weighted by Crippen LogP contribution is -1.97. The van der Waals surface area contributed by atoms with Gasteiger partial charge in [-0.05, 0) is 24.6 Å². The van der Waals surface area contributed by atoms with E-state index in [4.69, 9.17) is 17.3 Å². The number of benzene rings is 1. The maximum Gasteiger partial charge on any atom is 0.134 e. The largest absolute Gasteiger partial charge is 0.399 e. The van der Waals surface area contributed by atoms with Crippen LogP contribution in [0.15, 0.2) is 18.2 Å². The van der Waals surface area contributed by atoms with Crippen molar-refractivity contribution in [1.29, 1.82) is 0 Å². The fraction of sp³-hybridized carbons (Fsp3) is 0.222. The molecule has 0 aliphatic heterocycles. The van der Waals surface area contributed by atoms with Crippen LogP contribution < -0.4 is 5.73 Å². The standard InChI is InChI=1S/C9H10ClNO/c1-6(12)4-7-2-3-8(11)5-9(7)10/h2-3,5H,4,11H2,1H3. The van der Waals surface area contributed by atoms with Gasteiger partial charge < -0.3 is 5.73 Å². The third-order valence-electron chi connectivity index (χ3n) is 1.52. The normalized spacial score (nSPS) is 9.83. The first-order valence-electron chi connectivity index (χ1n) is 3.63. The van der Waals surface area contributed by atoms with Gasteiger partial charge in [-0.25, -0.2) is 0 Å². The topological polar surface area (TPSA) is 43.1 Å². The van der Waals surface area contributed by atoms with E-state index < -0.39 is 0 Å². The lowest BCUT2D eigenvalue weighted by atomic mass is 10.1. The molecule has 0 aliphatic rings. The van der Waals surface area contributed by atoms with Gasteiger partial charge >= 0.3 is 0 Å². The van der Waals surface area contributed by atoms with E-state index in [0.29, 0.717) is 17.1 Å². The molecule has 0 spiro atoms. The van der Waals surface area contributed by atoms with Crippen molar-refractivity contribution in [2.75, 3.05) is 5.73 Å². The van der Waals surface area contributed by atoms with Crippen molar-refractivity contribution >= 4 is 23.1 Å². The number of hydrogen-bond donors (Lipinski definition) is 1. The highest BCUT2D eigenvalue weighted by Gasteiger charge is 2.02. The molecule has 64 valence electrons. The van der Waals surface area contributed by atoms with E-state index >= 15 is 0 Å². The Kier molecular flexibility index (Phi) is 2.71. The van der Waals surface area contributed by atoms with Crippen LogP contribution in [0.2, 0.25) is 5.02 Å². The van der Waals surface area contributed by atoms with Gasteiger partial charge in [-0.2, -0.15) is 0 Å². The minimum atomic E-state index is 0.0988. The number of Topliss-reactive ketones (excluding diaryl/α,β-unsaturated/α-hetero) is 1. The molecule has 3 heteroatoms. The molecule has 12 heavy (non-hydrogen) atoms. The van der Waals surface area contributed by atoms with Crippen LogP contribution in [0.3, 0.4) is 0 Å². The third kappa shape index (κ3) is 2.24. The van der Waals surface area contributed by atoms with Gasteiger partial charge in [0, 0.05) is 17.1 Å². The SMILES string of the molecule is CC(=O)Cc1ccc(N)cc1Cl. The smallest absolute Gasteiger partial charge is 0.134 e. The first-order chi connectivity index (χ1) is 5.59. The van der Waals surface area contributed by atoms with Gasteiger partial charge in [-0.15, -0.1) is 0 Å². The van der Waals surface area contributed by atoms with Crippen LogP contribution in [0.5, 0.6) is 0 Å². The van der Waals surface area contributed by atoms with Crippen LogP contribution in [0.1, 0.15) is 12.5 Å². The molecule has 0 bridgehead atoms. The van der Waals surface area contributed by atoms with Crippen molar-refractivity contribution in [3.05, 3.63) is 28.8 Å². The van der Waals surface area contributed by atoms with Gasteiger partial charge in [0.15, 0.2) is 0 Å². The van der Waals surface area contributed by atoms with Gasteiger partial charge in [0.2, 0.25) is 0 Å². The van der Waals surface area contributed by atoms with E-state index in [1.807, 2.05) is 0 Å². The van der Waals surface area contributed by atoms with Crippen molar-refractivity contribution in [1.82, 2.24) is 0 Å². The second kappa shape index (κ2) is 3.59. The van der Waals surface area contributed by atoms with Crippen molar-refractivity contribution < 1.29 is 4.79 Å². The summed E-state index contributed by atoms with van der Waals surface area (Å²) in [6.07, 6.45) is 0.374. The molecule has 0 saturated carbocycles. The molecule has 1 rings (SSSR count). The van der Waals surface area contributed by atoms with E-state index in [9.17, 15) is 4.79 Å². The Morgan fingerprint density at radius 3 is 2.75 bits per heavy atom. The van der Waals surface area contributed by atoms with Gasteiger partial charge in [0.05, 0.1) is 0 Å². The second-order valence-corrected chi connectivity index (χ2v) is 3.14. The molecular formula is C9H10ClNO. The summed E-state index contributed by atoms with van der Waals surface area (Å²) in [6, 6.07) is 5.17. The van der Waals surface area contributed by atoms with Gasteiger partial charge in [-0.1, -0.05) is 17.7 Å². The molecule has 0 unspecified atom stereocenters. The van der Waals surface area contributed by atoms with Crippen molar-refractivity contribution in [3.8, 4) is 0 Å². The van der Waals surface area contributed by atoms with Gasteiger partial charge in [-0.3, -0.25) is 4.79 Å². The van der Waals surface area contributed by atoms with Crippen molar-refractivity contribution in [3.63, 3.8) is 0 Å². The van der Waals surface area contributed by atoms with Crippen LogP contribution in [0, 0.1) is 0 Å². The third-order valence-corrected chi connectivity index (χ3v) is 1.87. The predicted molar refractivity (Wildman–Crippen MR) is 50.2 cm³/mol. The molecule has 0 heterocycles. The summed E-state index contributed by atoms with van der Waals surface area (Å²) in [5.74, 6) is 0.0988. The van der Waals surface area contributed by atoms with E-state index in [1.54, 1.807) is 18.2 Å². The van der Waals surface area contributed by atoms with Gasteiger partial charge in [0.25, 0.3) is 0 Å². The Labute approximate surface area is 76.3 Å². The molecule has 1 aromatic carbocycles. The lowest BCUT2D eigenvalue weighted by molar-refractivity contribution is -0.116. The number of rotatable bonds is 2. The molecule has 0 amide bonds. The zero-order valence-electron chi connectivity index (χ0n) is 6.80. The number of hydrogen-bond acceptors (Lipinski definition) is 2. The molecule has 1 aromatic rings. The average Bonchev–Trinajstić information content (AvgIpc) is 1.94. The zero-order valence-corrected chi connectivity index (χ0v) is 7.56. The number of nitrogen functional groups attached to an aromatic ring is 1. The highest BCUT2D eigenvalue weighted by molar-refractivity contribution is 6.31. The Morgan fingerprint density at radius 2 is 2.25 bits per heavy atom. The fourth-order valence-electron chi connectivity index (χ4n) is 0.975. The minimum Gasteiger partial charge on any atom is -0.399 e. The molecule has 2 nitrogen and oxygen atoms in total. The van der Waals surface area contributed by atoms with Crippen LogP contribution in [-0.2, 0) is 11.2 Å². The summed E-state index contributed by atoms with van der Waals surface area (Å²) in [7, 11) is 0. The fourth-order valence-corrected chi connectivity index (χ4v) is 1.23. The minimum absolute atomic E-state index is 0.0988. The van der Waals surface area contributed by atoms with E-state index in [0.717, 1.165) is 5.56 Å². The lowest BCUT2D eigenvalue weighted by Gasteiger charge is -2.01. The summed E-state index contributed by atoms with van der Waals surface area (Å²) in [6.45, 7) is 1.53. The van der Waals surface area contributed by atoms with Crippen LogP contribution in [-0.4, -0.2) is 5.78 Å². The number of nitrogens with two attached hydrogens (primary N) is 1. The summed E-state index contributed by atoms with van der Waals surface area (Å²) < 4.78 is 0. The number of carbonyl (C=O) groups excluding carboxylic acids is 1. The van der Waals surface area contributed by atoms with Gasteiger partial charge in [0.1, 0.15) is 5.78 Å². The average molecular weight is 184 g/mol. The maximum absolute atomic E-state index is 10.8. The number of anilines is 1.